The van der Waals surface area contributed by atoms with E-state index < -0.39 is 0 Å². The Balaban J connectivity index is 1.60. The van der Waals surface area contributed by atoms with E-state index in [1.807, 2.05) is 53.2 Å². The largest absolute Gasteiger partial charge is 0.493 e. The average Bonchev–Trinajstić information content (AvgIpc) is 3.43. The number of nitrogens with one attached hydrogen (secondary N) is 1. The molecule has 0 fully saturated rings. The Morgan fingerprint density at radius 3 is 2.69 bits per heavy atom. The van der Waals surface area contributed by atoms with Gasteiger partial charge in [0.05, 0.1) is 14.2 Å². The molecule has 0 unspecified atom stereocenters. The normalized spacial score (nSPS) is 11.0. The quantitative estimate of drug-likeness (QED) is 0.418. The molecule has 2 aromatic heterocycles. The summed E-state index contributed by atoms with van der Waals surface area (Å²) in [4.78, 5) is 14.4. The Kier molecular flexibility index (Phi) is 7.06. The minimum atomic E-state index is -0.376. The highest BCUT2D eigenvalue weighted by Crippen LogP contribution is 2.30. The van der Waals surface area contributed by atoms with Gasteiger partial charge in [0.25, 0.3) is 5.91 Å². The molecule has 29 heavy (non-hydrogen) atoms. The highest BCUT2D eigenvalue weighted by atomic mass is 32.1. The maximum absolute atomic E-state index is 12.4. The molecule has 0 radical (unpaired) electrons. The van der Waals surface area contributed by atoms with Crippen LogP contribution in [0.1, 0.15) is 10.4 Å². The second-order valence-electron chi connectivity index (χ2n) is 6.08. The highest BCUT2D eigenvalue weighted by molar-refractivity contribution is 7.15. The number of thiophene rings is 2. The van der Waals surface area contributed by atoms with E-state index in [9.17, 15) is 10.1 Å². The summed E-state index contributed by atoms with van der Waals surface area (Å²) in [5.41, 5.74) is 2.20. The topological polar surface area (TPSA) is 71.3 Å². The van der Waals surface area contributed by atoms with Gasteiger partial charge in [0.2, 0.25) is 0 Å². The van der Waals surface area contributed by atoms with Crippen molar-refractivity contribution in [3.8, 4) is 28.0 Å². The zero-order chi connectivity index (χ0) is 20.6. The van der Waals surface area contributed by atoms with Gasteiger partial charge in [-0.3, -0.25) is 4.79 Å². The number of nitriles is 1. The number of benzene rings is 1. The first-order valence-corrected chi connectivity index (χ1v) is 10.6. The van der Waals surface area contributed by atoms with Crippen molar-refractivity contribution < 1.29 is 14.3 Å². The van der Waals surface area contributed by atoms with Gasteiger partial charge in [0, 0.05) is 21.9 Å². The number of nitrogens with zero attached hydrogens (tertiary/aromatic N) is 1. The molecule has 3 rings (SSSR count). The summed E-state index contributed by atoms with van der Waals surface area (Å²) in [5.74, 6) is 0.931. The highest BCUT2D eigenvalue weighted by Gasteiger charge is 2.11. The lowest BCUT2D eigenvalue weighted by Gasteiger charge is -2.10. The smallest absolute Gasteiger partial charge is 0.261 e. The predicted octanol–water partition coefficient (Wildman–Crippen LogP) is 4.76. The zero-order valence-electron chi connectivity index (χ0n) is 16.1. The van der Waals surface area contributed by atoms with E-state index in [1.165, 1.54) is 16.2 Å². The molecular weight excluding hydrogens is 404 g/mol. The molecule has 0 aliphatic carbocycles. The van der Waals surface area contributed by atoms with Gasteiger partial charge in [0.1, 0.15) is 11.6 Å². The number of carbonyl (C=O) groups is 1. The molecule has 0 saturated heterocycles. The summed E-state index contributed by atoms with van der Waals surface area (Å²) in [6.45, 7) is 0.415. The van der Waals surface area contributed by atoms with Crippen molar-refractivity contribution >= 4 is 34.7 Å². The molecular formula is C22H20N2O3S2. The number of hydrogen-bond donors (Lipinski definition) is 1. The zero-order valence-corrected chi connectivity index (χ0v) is 17.7. The van der Waals surface area contributed by atoms with Crippen molar-refractivity contribution in [2.75, 3.05) is 20.8 Å². The molecule has 0 spiro atoms. The van der Waals surface area contributed by atoms with Gasteiger partial charge in [-0.1, -0.05) is 12.1 Å². The first-order chi connectivity index (χ1) is 14.1. The average molecular weight is 425 g/mol. The van der Waals surface area contributed by atoms with E-state index in [2.05, 4.69) is 5.32 Å². The molecule has 3 aromatic rings. The Labute approximate surface area is 177 Å². The van der Waals surface area contributed by atoms with Crippen LogP contribution in [0.4, 0.5) is 0 Å². The first-order valence-electron chi connectivity index (χ1n) is 8.88. The fraction of sp³-hybridized carbons (Fsp3) is 0.182. The molecule has 5 nitrogen and oxygen atoms in total. The summed E-state index contributed by atoms with van der Waals surface area (Å²) in [6, 6.07) is 13.7. The predicted molar refractivity (Wildman–Crippen MR) is 117 cm³/mol. The summed E-state index contributed by atoms with van der Waals surface area (Å²) in [6.07, 6.45) is 2.25. The van der Waals surface area contributed by atoms with Crippen molar-refractivity contribution in [2.45, 2.75) is 6.42 Å². The number of carbonyl (C=O) groups excluding carboxylic acids is 1. The SMILES string of the molecule is COc1ccc(CCNC(=O)/C(C#N)=C/c2cc(-c3cccs3)cs2)cc1OC. The number of hydrogen-bond acceptors (Lipinski definition) is 6. The van der Waals surface area contributed by atoms with Crippen molar-refractivity contribution in [3.05, 3.63) is 63.2 Å². The standard InChI is InChI=1S/C22H20N2O3S2/c1-26-19-6-5-15(10-20(19)27-2)7-8-24-22(25)16(13-23)11-18-12-17(14-29-18)21-4-3-9-28-21/h3-6,9-12,14H,7-8H2,1-2H3,(H,24,25)/b16-11+. The van der Waals surface area contributed by atoms with Crippen LogP contribution in [0.25, 0.3) is 16.5 Å². The Morgan fingerprint density at radius 1 is 1.17 bits per heavy atom. The third-order valence-corrected chi connectivity index (χ3v) is 6.02. The molecule has 1 aromatic carbocycles. The lowest BCUT2D eigenvalue weighted by atomic mass is 10.1. The molecule has 0 saturated carbocycles. The van der Waals surface area contributed by atoms with Crippen LogP contribution in [0.15, 0.2) is 52.7 Å². The van der Waals surface area contributed by atoms with Crippen molar-refractivity contribution in [3.63, 3.8) is 0 Å². The first kappa shape index (κ1) is 20.6. The van der Waals surface area contributed by atoms with Crippen LogP contribution >= 0.6 is 22.7 Å². The summed E-state index contributed by atoms with van der Waals surface area (Å²) in [5, 5.41) is 16.2. The monoisotopic (exact) mass is 424 g/mol. The summed E-state index contributed by atoms with van der Waals surface area (Å²) in [7, 11) is 3.17. The van der Waals surface area contributed by atoms with E-state index >= 15 is 0 Å². The third-order valence-electron chi connectivity index (χ3n) is 4.22. The summed E-state index contributed by atoms with van der Waals surface area (Å²) < 4.78 is 10.5. The maximum atomic E-state index is 12.4. The van der Waals surface area contributed by atoms with Crippen LogP contribution in [-0.4, -0.2) is 26.7 Å². The lowest BCUT2D eigenvalue weighted by molar-refractivity contribution is -0.117. The van der Waals surface area contributed by atoms with Crippen LogP contribution in [0.2, 0.25) is 0 Å². The van der Waals surface area contributed by atoms with E-state index in [0.717, 1.165) is 16.0 Å². The maximum Gasteiger partial charge on any atom is 0.261 e. The molecule has 2 heterocycles. The molecule has 0 bridgehead atoms. The Bertz CT molecular complexity index is 1050. The Morgan fingerprint density at radius 2 is 2.00 bits per heavy atom. The van der Waals surface area contributed by atoms with Crippen molar-refractivity contribution in [1.82, 2.24) is 5.32 Å². The van der Waals surface area contributed by atoms with E-state index in [4.69, 9.17) is 9.47 Å². The molecule has 0 atom stereocenters. The van der Waals surface area contributed by atoms with Gasteiger partial charge in [-0.05, 0) is 53.1 Å². The lowest BCUT2D eigenvalue weighted by Crippen LogP contribution is -2.26. The van der Waals surface area contributed by atoms with Crippen molar-refractivity contribution in [2.24, 2.45) is 0 Å². The molecule has 1 N–H and O–H groups in total. The second-order valence-corrected chi connectivity index (χ2v) is 7.97. The number of amides is 1. The van der Waals surface area contributed by atoms with Crippen LogP contribution in [0, 0.1) is 11.3 Å². The third kappa shape index (κ3) is 5.25. The number of ether oxygens (including phenoxy) is 2. The van der Waals surface area contributed by atoms with Gasteiger partial charge < -0.3 is 14.8 Å². The van der Waals surface area contributed by atoms with Gasteiger partial charge in [-0.25, -0.2) is 0 Å². The minimum Gasteiger partial charge on any atom is -0.493 e. The number of methoxy groups -OCH3 is 2. The van der Waals surface area contributed by atoms with Crippen LogP contribution in [-0.2, 0) is 11.2 Å². The van der Waals surface area contributed by atoms with Crippen LogP contribution in [0.3, 0.4) is 0 Å². The number of rotatable bonds is 8. The van der Waals surface area contributed by atoms with E-state index in [1.54, 1.807) is 31.6 Å². The minimum absolute atomic E-state index is 0.0943. The van der Waals surface area contributed by atoms with Crippen LogP contribution < -0.4 is 14.8 Å². The molecule has 7 heteroatoms. The van der Waals surface area contributed by atoms with Crippen molar-refractivity contribution in [1.29, 1.82) is 5.26 Å². The van der Waals surface area contributed by atoms with E-state index in [-0.39, 0.29) is 11.5 Å². The van der Waals surface area contributed by atoms with Gasteiger partial charge in [-0.2, -0.15) is 5.26 Å². The molecule has 0 aliphatic heterocycles. The summed E-state index contributed by atoms with van der Waals surface area (Å²) >= 11 is 3.17. The van der Waals surface area contributed by atoms with Gasteiger partial charge in [0.15, 0.2) is 11.5 Å². The molecule has 148 valence electrons. The van der Waals surface area contributed by atoms with Gasteiger partial charge >= 0.3 is 0 Å². The molecule has 0 aliphatic rings. The molecule has 1 amide bonds. The fourth-order valence-electron chi connectivity index (χ4n) is 2.74. The second kappa shape index (κ2) is 9.92. The van der Waals surface area contributed by atoms with E-state index in [0.29, 0.717) is 24.5 Å². The fourth-order valence-corrected chi connectivity index (χ4v) is 4.37. The van der Waals surface area contributed by atoms with Crippen LogP contribution in [0.5, 0.6) is 11.5 Å². The Hall–Kier alpha value is -3.08. The van der Waals surface area contributed by atoms with Gasteiger partial charge in [-0.15, -0.1) is 22.7 Å².